The fraction of sp³-hybridized carbons (Fsp3) is 0.500. The minimum absolute atomic E-state index is 0.0364. The van der Waals surface area contributed by atoms with Crippen LogP contribution >= 0.6 is 0 Å². The molecular weight excluding hydrogens is 276 g/mol. The van der Waals surface area contributed by atoms with E-state index >= 15 is 0 Å². The van der Waals surface area contributed by atoms with Crippen LogP contribution in [0.1, 0.15) is 13.3 Å². The summed E-state index contributed by atoms with van der Waals surface area (Å²) in [7, 11) is 2.88. The van der Waals surface area contributed by atoms with Gasteiger partial charge in [-0.2, -0.15) is 0 Å². The number of nitro groups is 1. The minimum Gasteiger partial charge on any atom is -0.467 e. The van der Waals surface area contributed by atoms with E-state index < -0.39 is 16.9 Å². The normalized spacial score (nSPS) is 11.8. The Kier molecular flexibility index (Phi) is 6.61. The van der Waals surface area contributed by atoms with E-state index in [1.807, 2.05) is 0 Å². The van der Waals surface area contributed by atoms with Crippen molar-refractivity contribution in [3.8, 4) is 0 Å². The van der Waals surface area contributed by atoms with Crippen LogP contribution in [0, 0.1) is 10.1 Å². The van der Waals surface area contributed by atoms with Crippen molar-refractivity contribution in [1.82, 2.24) is 0 Å². The van der Waals surface area contributed by atoms with Crippen LogP contribution in [0.3, 0.4) is 0 Å². The lowest BCUT2D eigenvalue weighted by molar-refractivity contribution is -0.384. The Bertz CT molecular complexity index is 492. The van der Waals surface area contributed by atoms with Gasteiger partial charge < -0.3 is 14.4 Å². The maximum Gasteiger partial charge on any atom is 0.328 e. The molecule has 0 aromatic heterocycles. The first kappa shape index (κ1) is 16.9. The van der Waals surface area contributed by atoms with Crippen molar-refractivity contribution in [2.45, 2.75) is 19.4 Å². The third-order valence-corrected chi connectivity index (χ3v) is 3.15. The van der Waals surface area contributed by atoms with Crippen LogP contribution in [0.25, 0.3) is 0 Å². The molecule has 0 fully saturated rings. The third kappa shape index (κ3) is 4.42. The number of methoxy groups -OCH3 is 2. The van der Waals surface area contributed by atoms with Crippen LogP contribution in [0.2, 0.25) is 0 Å². The highest BCUT2D eigenvalue weighted by Gasteiger charge is 2.27. The Balaban J connectivity index is 3.11. The molecule has 0 saturated heterocycles. The van der Waals surface area contributed by atoms with E-state index in [0.717, 1.165) is 0 Å². The van der Waals surface area contributed by atoms with Crippen molar-refractivity contribution in [2.75, 3.05) is 32.3 Å². The molecule has 0 bridgehead atoms. The molecule has 0 radical (unpaired) electrons. The molecule has 1 unspecified atom stereocenters. The van der Waals surface area contributed by atoms with Crippen LogP contribution in [-0.2, 0) is 14.3 Å². The van der Waals surface area contributed by atoms with Gasteiger partial charge in [0.1, 0.15) is 11.7 Å². The molecule has 0 amide bonds. The highest BCUT2D eigenvalue weighted by molar-refractivity contribution is 5.81. The highest BCUT2D eigenvalue weighted by atomic mass is 16.6. The second-order valence-corrected chi connectivity index (χ2v) is 4.48. The molecule has 0 spiro atoms. The summed E-state index contributed by atoms with van der Waals surface area (Å²) in [5.74, 6) is -0.439. The number of nitrogens with zero attached hydrogens (tertiary/aromatic N) is 2. The monoisotopic (exact) mass is 296 g/mol. The number of hydrogen-bond donors (Lipinski definition) is 0. The van der Waals surface area contributed by atoms with E-state index in [0.29, 0.717) is 25.3 Å². The van der Waals surface area contributed by atoms with Gasteiger partial charge in [0.25, 0.3) is 5.69 Å². The number of para-hydroxylation sites is 2. The quantitative estimate of drug-likeness (QED) is 0.316. The van der Waals surface area contributed by atoms with Crippen LogP contribution in [0.15, 0.2) is 24.3 Å². The van der Waals surface area contributed by atoms with Crippen molar-refractivity contribution in [2.24, 2.45) is 0 Å². The maximum atomic E-state index is 11.8. The lowest BCUT2D eigenvalue weighted by Crippen LogP contribution is -2.41. The molecule has 0 aliphatic rings. The summed E-state index contributed by atoms with van der Waals surface area (Å²) in [6.45, 7) is 2.62. The van der Waals surface area contributed by atoms with E-state index in [2.05, 4.69) is 0 Å². The zero-order valence-electron chi connectivity index (χ0n) is 12.4. The molecule has 1 atom stereocenters. The number of carbonyl (C=O) groups excluding carboxylic acids is 1. The zero-order chi connectivity index (χ0) is 15.8. The third-order valence-electron chi connectivity index (χ3n) is 3.15. The van der Waals surface area contributed by atoms with Gasteiger partial charge >= 0.3 is 5.97 Å². The second-order valence-electron chi connectivity index (χ2n) is 4.48. The van der Waals surface area contributed by atoms with Gasteiger partial charge in [-0.05, 0) is 19.4 Å². The summed E-state index contributed by atoms with van der Waals surface area (Å²) in [6.07, 6.45) is 0.643. The minimum atomic E-state index is -0.618. The zero-order valence-corrected chi connectivity index (χ0v) is 12.4. The summed E-state index contributed by atoms with van der Waals surface area (Å²) in [6, 6.07) is 5.73. The molecule has 1 aromatic rings. The van der Waals surface area contributed by atoms with Crippen LogP contribution in [0.5, 0.6) is 0 Å². The summed E-state index contributed by atoms with van der Waals surface area (Å²) >= 11 is 0. The summed E-state index contributed by atoms with van der Waals surface area (Å²) < 4.78 is 9.74. The average Bonchev–Trinajstić information content (AvgIpc) is 2.50. The van der Waals surface area contributed by atoms with Gasteiger partial charge in [0.2, 0.25) is 0 Å². The van der Waals surface area contributed by atoms with Gasteiger partial charge in [-0.25, -0.2) is 4.79 Å². The molecule has 1 rings (SSSR count). The molecule has 0 N–H and O–H groups in total. The Morgan fingerprint density at radius 3 is 2.62 bits per heavy atom. The van der Waals surface area contributed by atoms with E-state index in [-0.39, 0.29) is 5.69 Å². The largest absolute Gasteiger partial charge is 0.467 e. The van der Waals surface area contributed by atoms with Crippen molar-refractivity contribution in [1.29, 1.82) is 0 Å². The van der Waals surface area contributed by atoms with Crippen LogP contribution in [-0.4, -0.2) is 44.3 Å². The van der Waals surface area contributed by atoms with Crippen molar-refractivity contribution < 1.29 is 19.2 Å². The lowest BCUT2D eigenvalue weighted by atomic mass is 10.2. The average molecular weight is 296 g/mol. The van der Waals surface area contributed by atoms with Crippen LogP contribution < -0.4 is 4.90 Å². The highest BCUT2D eigenvalue weighted by Crippen LogP contribution is 2.29. The second kappa shape index (κ2) is 8.21. The van der Waals surface area contributed by atoms with Gasteiger partial charge in [-0.1, -0.05) is 12.1 Å². The SMILES string of the molecule is COCCCN(c1ccccc1[N+](=O)[O-])C(C)C(=O)OC. The number of carbonyl (C=O) groups is 1. The maximum absolute atomic E-state index is 11.8. The topological polar surface area (TPSA) is 81.9 Å². The Morgan fingerprint density at radius 1 is 1.38 bits per heavy atom. The molecule has 7 nitrogen and oxygen atoms in total. The number of nitro benzene ring substituents is 1. The Hall–Kier alpha value is -2.15. The smallest absolute Gasteiger partial charge is 0.328 e. The first-order chi connectivity index (χ1) is 10.0. The van der Waals surface area contributed by atoms with E-state index in [4.69, 9.17) is 9.47 Å². The molecule has 0 heterocycles. The standard InChI is InChI=1S/C14H20N2O5/c1-11(14(17)21-3)15(9-6-10-20-2)12-7-4-5-8-13(12)16(18)19/h4-5,7-8,11H,6,9-10H2,1-3H3. The van der Waals surface area contributed by atoms with Gasteiger partial charge in [-0.3, -0.25) is 10.1 Å². The van der Waals surface area contributed by atoms with E-state index in [1.165, 1.54) is 13.2 Å². The summed E-state index contributed by atoms with van der Waals surface area (Å²) in [4.78, 5) is 24.1. The number of anilines is 1. The van der Waals surface area contributed by atoms with Gasteiger partial charge in [-0.15, -0.1) is 0 Å². The Morgan fingerprint density at radius 2 is 2.05 bits per heavy atom. The van der Waals surface area contributed by atoms with Crippen molar-refractivity contribution in [3.05, 3.63) is 34.4 Å². The summed E-state index contributed by atoms with van der Waals surface area (Å²) in [5.41, 5.74) is 0.363. The van der Waals surface area contributed by atoms with E-state index in [1.54, 1.807) is 37.1 Å². The Labute approximate surface area is 123 Å². The number of hydrogen-bond acceptors (Lipinski definition) is 6. The number of rotatable bonds is 8. The predicted molar refractivity (Wildman–Crippen MR) is 78.4 cm³/mol. The molecule has 0 saturated carbocycles. The van der Waals surface area contributed by atoms with Gasteiger partial charge in [0.15, 0.2) is 0 Å². The fourth-order valence-electron chi connectivity index (χ4n) is 2.06. The molecular formula is C14H20N2O5. The number of ether oxygens (including phenoxy) is 2. The molecule has 116 valence electrons. The van der Waals surface area contributed by atoms with Crippen LogP contribution in [0.4, 0.5) is 11.4 Å². The first-order valence-electron chi connectivity index (χ1n) is 6.59. The number of esters is 1. The van der Waals surface area contributed by atoms with Gasteiger partial charge in [0, 0.05) is 26.3 Å². The summed E-state index contributed by atoms with van der Waals surface area (Å²) in [5, 5.41) is 11.2. The fourth-order valence-corrected chi connectivity index (χ4v) is 2.06. The lowest BCUT2D eigenvalue weighted by Gasteiger charge is -2.29. The molecule has 0 aliphatic heterocycles. The molecule has 7 heteroatoms. The molecule has 1 aromatic carbocycles. The first-order valence-corrected chi connectivity index (χ1v) is 6.59. The van der Waals surface area contributed by atoms with Gasteiger partial charge in [0.05, 0.1) is 12.0 Å². The van der Waals surface area contributed by atoms with Crippen molar-refractivity contribution >= 4 is 17.3 Å². The number of benzene rings is 1. The predicted octanol–water partition coefficient (Wildman–Crippen LogP) is 2.00. The molecule has 21 heavy (non-hydrogen) atoms. The molecule has 0 aliphatic carbocycles. The van der Waals surface area contributed by atoms with Crippen molar-refractivity contribution in [3.63, 3.8) is 0 Å². The van der Waals surface area contributed by atoms with E-state index in [9.17, 15) is 14.9 Å².